The summed E-state index contributed by atoms with van der Waals surface area (Å²) in [7, 11) is 0. The molecule has 0 spiro atoms. The van der Waals surface area contributed by atoms with Crippen LogP contribution >= 0.6 is 0 Å². The van der Waals surface area contributed by atoms with Gasteiger partial charge in [-0.3, -0.25) is 4.79 Å². The van der Waals surface area contributed by atoms with Crippen LogP contribution in [-0.2, 0) is 23.7 Å². The van der Waals surface area contributed by atoms with Crippen molar-refractivity contribution in [3.05, 3.63) is 71.8 Å². The molecule has 1 aliphatic rings. The van der Waals surface area contributed by atoms with Gasteiger partial charge in [-0.2, -0.15) is 0 Å². The Morgan fingerprint density at radius 1 is 0.933 bits per heavy atom. The normalized spacial score (nSPS) is 25.4. The van der Waals surface area contributed by atoms with E-state index >= 15 is 4.39 Å². The number of carbonyl (C=O) groups excluding carboxylic acids is 3. The van der Waals surface area contributed by atoms with Gasteiger partial charge in [-0.05, 0) is 31.2 Å². The number of rotatable bonds is 6. The Labute approximate surface area is 172 Å². The second kappa shape index (κ2) is 9.04. The largest absolute Gasteiger partial charge is 0.459 e. The minimum absolute atomic E-state index is 0.212. The minimum Gasteiger partial charge on any atom is -0.459 e. The van der Waals surface area contributed by atoms with Crippen molar-refractivity contribution in [2.75, 3.05) is 6.61 Å². The van der Waals surface area contributed by atoms with Crippen molar-refractivity contribution in [1.82, 2.24) is 0 Å². The van der Waals surface area contributed by atoms with Gasteiger partial charge >= 0.3 is 17.9 Å². The maximum atomic E-state index is 15.5. The molecule has 3 rings (SSSR count). The molecule has 0 N–H and O–H groups in total. The van der Waals surface area contributed by atoms with E-state index in [0.29, 0.717) is 5.56 Å². The van der Waals surface area contributed by atoms with Crippen LogP contribution in [0.3, 0.4) is 0 Å². The number of halogens is 1. The van der Waals surface area contributed by atoms with Crippen LogP contribution < -0.4 is 0 Å². The lowest BCUT2D eigenvalue weighted by atomic mass is 9.99. The number of hydrogen-bond donors (Lipinski definition) is 0. The van der Waals surface area contributed by atoms with Crippen molar-refractivity contribution < 1.29 is 37.7 Å². The summed E-state index contributed by atoms with van der Waals surface area (Å²) in [5.41, 5.74) is -1.85. The highest BCUT2D eigenvalue weighted by Gasteiger charge is 2.59. The molecule has 1 unspecified atom stereocenters. The van der Waals surface area contributed by atoms with Crippen molar-refractivity contribution >= 4 is 17.9 Å². The zero-order chi connectivity index (χ0) is 21.7. The summed E-state index contributed by atoms with van der Waals surface area (Å²) in [6.45, 7) is 1.80. The SMILES string of the molecule is CC(=O)O[C@@H]1O[C@H](COC(=O)c2ccccc2)[C@@H](OC(=O)c2ccccc2)C1(C)F. The van der Waals surface area contributed by atoms with Gasteiger partial charge in [0, 0.05) is 6.92 Å². The van der Waals surface area contributed by atoms with Gasteiger partial charge in [-0.25, -0.2) is 14.0 Å². The third kappa shape index (κ3) is 4.83. The van der Waals surface area contributed by atoms with Crippen LogP contribution in [-0.4, -0.2) is 48.7 Å². The van der Waals surface area contributed by atoms with Crippen LogP contribution in [0.25, 0.3) is 0 Å². The Kier molecular flexibility index (Phi) is 6.47. The summed E-state index contributed by atoms with van der Waals surface area (Å²) in [6.07, 6.45) is -4.27. The zero-order valence-corrected chi connectivity index (χ0v) is 16.4. The first-order valence-corrected chi connectivity index (χ1v) is 9.29. The molecule has 8 heteroatoms. The average Bonchev–Trinajstić information content (AvgIpc) is 2.96. The maximum Gasteiger partial charge on any atom is 0.338 e. The Morgan fingerprint density at radius 3 is 2.00 bits per heavy atom. The second-order valence-electron chi connectivity index (χ2n) is 6.92. The quantitative estimate of drug-likeness (QED) is 0.528. The van der Waals surface area contributed by atoms with Gasteiger partial charge in [-0.1, -0.05) is 36.4 Å². The summed E-state index contributed by atoms with van der Waals surface area (Å²) in [4.78, 5) is 36.0. The third-order valence-electron chi connectivity index (χ3n) is 4.56. The molecule has 158 valence electrons. The van der Waals surface area contributed by atoms with E-state index in [0.717, 1.165) is 13.8 Å². The zero-order valence-electron chi connectivity index (χ0n) is 16.4. The third-order valence-corrected chi connectivity index (χ3v) is 4.56. The number of esters is 3. The molecule has 2 aromatic carbocycles. The van der Waals surface area contributed by atoms with Gasteiger partial charge in [0.2, 0.25) is 12.0 Å². The van der Waals surface area contributed by atoms with Crippen LogP contribution in [0.15, 0.2) is 60.7 Å². The highest BCUT2D eigenvalue weighted by Crippen LogP contribution is 2.38. The molecule has 0 bridgehead atoms. The Balaban J connectivity index is 1.76. The van der Waals surface area contributed by atoms with Crippen molar-refractivity contribution in [2.24, 2.45) is 0 Å². The molecular formula is C22H21FO7. The summed E-state index contributed by atoms with van der Waals surface area (Å²) < 4.78 is 36.4. The molecule has 0 saturated carbocycles. The fourth-order valence-corrected chi connectivity index (χ4v) is 3.05. The maximum absolute atomic E-state index is 15.5. The molecule has 0 amide bonds. The highest BCUT2D eigenvalue weighted by molar-refractivity contribution is 5.90. The smallest absolute Gasteiger partial charge is 0.338 e. The van der Waals surface area contributed by atoms with Gasteiger partial charge in [0.15, 0.2) is 6.10 Å². The number of benzene rings is 2. The molecule has 0 aromatic heterocycles. The van der Waals surface area contributed by atoms with Crippen LogP contribution in [0.5, 0.6) is 0 Å². The number of alkyl halides is 1. The lowest BCUT2D eigenvalue weighted by Crippen LogP contribution is -2.46. The first kappa shape index (κ1) is 21.4. The predicted molar refractivity (Wildman–Crippen MR) is 102 cm³/mol. The van der Waals surface area contributed by atoms with Crippen molar-refractivity contribution in [3.8, 4) is 0 Å². The van der Waals surface area contributed by atoms with Crippen molar-refractivity contribution in [1.29, 1.82) is 0 Å². The standard InChI is InChI=1S/C22H21FO7/c1-14(24)28-21-22(2,23)18(30-20(26)16-11-7-4-8-12-16)17(29-21)13-27-19(25)15-9-5-3-6-10-15/h3-12,17-18,21H,13H2,1-2H3/t17-,18-,21-,22?/m1/s1. The van der Waals surface area contributed by atoms with Crippen LogP contribution in [0.1, 0.15) is 34.6 Å². The molecule has 7 nitrogen and oxygen atoms in total. The summed E-state index contributed by atoms with van der Waals surface area (Å²) >= 11 is 0. The number of ether oxygens (including phenoxy) is 4. The fourth-order valence-electron chi connectivity index (χ4n) is 3.05. The first-order valence-electron chi connectivity index (χ1n) is 9.29. The van der Waals surface area contributed by atoms with Gasteiger partial charge in [-0.15, -0.1) is 0 Å². The molecule has 30 heavy (non-hydrogen) atoms. The lowest BCUT2D eigenvalue weighted by molar-refractivity contribution is -0.193. The molecule has 1 aliphatic heterocycles. The Bertz CT molecular complexity index is 898. The Hall–Kier alpha value is -3.26. The predicted octanol–water partition coefficient (Wildman–Crippen LogP) is 3.09. The Morgan fingerprint density at radius 2 is 1.47 bits per heavy atom. The van der Waals surface area contributed by atoms with Crippen LogP contribution in [0, 0.1) is 0 Å². The second-order valence-corrected chi connectivity index (χ2v) is 6.92. The van der Waals surface area contributed by atoms with E-state index in [4.69, 9.17) is 18.9 Å². The molecule has 0 aliphatic carbocycles. The van der Waals surface area contributed by atoms with Gasteiger partial charge in [0.05, 0.1) is 11.1 Å². The average molecular weight is 416 g/mol. The topological polar surface area (TPSA) is 88.1 Å². The summed E-state index contributed by atoms with van der Waals surface area (Å²) in [5, 5.41) is 0. The van der Waals surface area contributed by atoms with Crippen LogP contribution in [0.4, 0.5) is 4.39 Å². The highest BCUT2D eigenvalue weighted by atomic mass is 19.1. The molecule has 0 radical (unpaired) electrons. The summed E-state index contributed by atoms with van der Waals surface area (Å²) in [5.74, 6) is -2.20. The van der Waals surface area contributed by atoms with E-state index in [2.05, 4.69) is 0 Å². The molecule has 1 fully saturated rings. The molecule has 4 atom stereocenters. The fraction of sp³-hybridized carbons (Fsp3) is 0.318. The molecular weight excluding hydrogens is 395 g/mol. The molecule has 1 heterocycles. The van der Waals surface area contributed by atoms with E-state index < -0.39 is 48.7 Å². The van der Waals surface area contributed by atoms with E-state index in [1.54, 1.807) is 48.5 Å². The van der Waals surface area contributed by atoms with Crippen LogP contribution in [0.2, 0.25) is 0 Å². The van der Waals surface area contributed by atoms with Gasteiger partial charge in [0.1, 0.15) is 12.7 Å². The van der Waals surface area contributed by atoms with E-state index in [9.17, 15) is 14.4 Å². The summed E-state index contributed by atoms with van der Waals surface area (Å²) in [6, 6.07) is 16.2. The minimum atomic E-state index is -2.36. The molecule has 1 saturated heterocycles. The monoisotopic (exact) mass is 416 g/mol. The van der Waals surface area contributed by atoms with E-state index in [1.165, 1.54) is 12.1 Å². The number of carbonyl (C=O) groups is 3. The van der Waals surface area contributed by atoms with Crippen molar-refractivity contribution in [3.63, 3.8) is 0 Å². The molecule has 2 aromatic rings. The van der Waals surface area contributed by atoms with E-state index in [-0.39, 0.29) is 5.56 Å². The lowest BCUT2D eigenvalue weighted by Gasteiger charge is -2.26. The van der Waals surface area contributed by atoms with E-state index in [1.807, 2.05) is 0 Å². The number of hydrogen-bond acceptors (Lipinski definition) is 7. The van der Waals surface area contributed by atoms with Gasteiger partial charge < -0.3 is 18.9 Å². The van der Waals surface area contributed by atoms with Crippen molar-refractivity contribution in [2.45, 2.75) is 38.0 Å². The van der Waals surface area contributed by atoms with Gasteiger partial charge in [0.25, 0.3) is 0 Å². The first-order chi connectivity index (χ1) is 14.3.